The van der Waals surface area contributed by atoms with Crippen LogP contribution in [0.1, 0.15) is 0 Å². The van der Waals surface area contributed by atoms with Crippen molar-refractivity contribution in [2.24, 2.45) is 0 Å². The first-order valence-corrected chi connectivity index (χ1v) is 11.4. The molecule has 1 N–H and O–H groups in total. The van der Waals surface area contributed by atoms with E-state index in [4.69, 9.17) is 4.74 Å². The van der Waals surface area contributed by atoms with Crippen molar-refractivity contribution in [3.63, 3.8) is 0 Å². The van der Waals surface area contributed by atoms with E-state index in [0.717, 1.165) is 73.4 Å². The molecule has 0 bridgehead atoms. The number of nitrogens with zero attached hydrogens (tertiary/aromatic N) is 4. The number of carbonyl (C=O) groups is 1. The summed E-state index contributed by atoms with van der Waals surface area (Å²) in [7, 11) is 1.67. The quantitative estimate of drug-likeness (QED) is 0.415. The normalized spacial score (nSPS) is 13.7. The number of anilines is 3. The Morgan fingerprint density at radius 3 is 2.64 bits per heavy atom. The second kappa shape index (κ2) is 10.5. The molecule has 4 rings (SSSR count). The Kier molecular flexibility index (Phi) is 7.23. The van der Waals surface area contributed by atoms with Crippen molar-refractivity contribution >= 4 is 34.9 Å². The molecule has 33 heavy (non-hydrogen) atoms. The molecule has 3 aromatic rings. The first-order chi connectivity index (χ1) is 16.0. The van der Waals surface area contributed by atoms with Crippen molar-refractivity contribution in [3.8, 4) is 5.75 Å². The average molecular weight is 472 g/mol. The lowest BCUT2D eigenvalue weighted by Gasteiger charge is -2.37. The van der Waals surface area contributed by atoms with E-state index in [1.54, 1.807) is 13.3 Å². The summed E-state index contributed by atoms with van der Waals surface area (Å²) >= 11 is 1.13. The van der Waals surface area contributed by atoms with Gasteiger partial charge in [0, 0.05) is 38.4 Å². The molecule has 172 valence electrons. The number of para-hydroxylation sites is 2. The van der Waals surface area contributed by atoms with Gasteiger partial charge in [0.25, 0.3) is 0 Å². The van der Waals surface area contributed by atoms with Crippen LogP contribution in [0.4, 0.5) is 26.0 Å². The predicted molar refractivity (Wildman–Crippen MR) is 125 cm³/mol. The van der Waals surface area contributed by atoms with Gasteiger partial charge in [0.1, 0.15) is 23.2 Å². The summed E-state index contributed by atoms with van der Waals surface area (Å²) in [5.74, 6) is -0.182. The van der Waals surface area contributed by atoms with Gasteiger partial charge in [-0.25, -0.2) is 18.7 Å². The molecule has 10 heteroatoms. The molecule has 0 unspecified atom stereocenters. The number of amides is 1. The Morgan fingerprint density at radius 2 is 1.85 bits per heavy atom. The van der Waals surface area contributed by atoms with Crippen molar-refractivity contribution in [2.75, 3.05) is 54.2 Å². The van der Waals surface area contributed by atoms with Crippen LogP contribution in [0.25, 0.3) is 0 Å². The summed E-state index contributed by atoms with van der Waals surface area (Å²) in [6.45, 7) is 3.18. The molecular formula is C23H23F2N5O2S. The fourth-order valence-corrected chi connectivity index (χ4v) is 4.18. The van der Waals surface area contributed by atoms with Gasteiger partial charge in [0.05, 0.1) is 24.2 Å². The number of carbonyl (C=O) groups excluding carboxylic acids is 1. The first-order valence-electron chi connectivity index (χ1n) is 10.4. The molecule has 1 aromatic heterocycles. The van der Waals surface area contributed by atoms with Crippen LogP contribution in [0, 0.1) is 11.6 Å². The van der Waals surface area contributed by atoms with Crippen LogP contribution in [-0.4, -0.2) is 54.9 Å². The van der Waals surface area contributed by atoms with Crippen LogP contribution < -0.4 is 19.9 Å². The first kappa shape index (κ1) is 22.8. The zero-order chi connectivity index (χ0) is 23.2. The molecule has 1 saturated heterocycles. The maximum atomic E-state index is 13.7. The summed E-state index contributed by atoms with van der Waals surface area (Å²) in [4.78, 5) is 25.4. The third-order valence-electron chi connectivity index (χ3n) is 5.18. The molecule has 1 aliphatic rings. The van der Waals surface area contributed by atoms with Crippen molar-refractivity contribution in [1.29, 1.82) is 0 Å². The highest BCUT2D eigenvalue weighted by atomic mass is 32.2. The molecule has 2 aromatic carbocycles. The van der Waals surface area contributed by atoms with Gasteiger partial charge in [0.2, 0.25) is 5.91 Å². The monoisotopic (exact) mass is 471 g/mol. The second-order valence-electron chi connectivity index (χ2n) is 7.30. The van der Waals surface area contributed by atoms with E-state index in [1.807, 2.05) is 24.3 Å². The van der Waals surface area contributed by atoms with E-state index in [0.29, 0.717) is 5.16 Å². The van der Waals surface area contributed by atoms with Gasteiger partial charge in [-0.1, -0.05) is 23.9 Å². The van der Waals surface area contributed by atoms with Crippen molar-refractivity contribution in [2.45, 2.75) is 5.16 Å². The third kappa shape index (κ3) is 5.70. The average Bonchev–Trinajstić information content (AvgIpc) is 2.85. The van der Waals surface area contributed by atoms with Gasteiger partial charge in [-0.05, 0) is 30.3 Å². The van der Waals surface area contributed by atoms with E-state index in [9.17, 15) is 13.6 Å². The highest BCUT2D eigenvalue weighted by molar-refractivity contribution is 7.99. The molecule has 1 aliphatic heterocycles. The van der Waals surface area contributed by atoms with Crippen LogP contribution in [0.3, 0.4) is 0 Å². The molecule has 0 aliphatic carbocycles. The number of rotatable bonds is 7. The minimum absolute atomic E-state index is 0.0268. The minimum Gasteiger partial charge on any atom is -0.495 e. The highest BCUT2D eigenvalue weighted by Crippen LogP contribution is 2.29. The number of thioether (sulfide) groups is 1. The molecule has 1 fully saturated rings. The van der Waals surface area contributed by atoms with Crippen LogP contribution >= 0.6 is 11.8 Å². The number of benzene rings is 2. The summed E-state index contributed by atoms with van der Waals surface area (Å²) in [6, 6.07) is 12.7. The largest absolute Gasteiger partial charge is 0.495 e. The zero-order valence-corrected chi connectivity index (χ0v) is 18.8. The Balaban J connectivity index is 1.33. The standard InChI is InChI=1S/C23H23F2N5O2S/c1-32-20-5-3-2-4-19(20)29-10-12-30(13-11-29)21-8-9-26-23(28-21)33-15-22(31)27-18-14-16(24)6-7-17(18)25/h2-9,14H,10-13,15H2,1H3,(H,27,31). The molecule has 0 saturated carbocycles. The lowest BCUT2D eigenvalue weighted by Crippen LogP contribution is -2.47. The second-order valence-corrected chi connectivity index (χ2v) is 8.25. The number of ether oxygens (including phenoxy) is 1. The van der Waals surface area contributed by atoms with Crippen LogP contribution in [0.15, 0.2) is 59.9 Å². The van der Waals surface area contributed by atoms with Gasteiger partial charge < -0.3 is 19.9 Å². The van der Waals surface area contributed by atoms with Crippen molar-refractivity contribution < 1.29 is 18.3 Å². The molecule has 0 radical (unpaired) electrons. The number of hydrogen-bond acceptors (Lipinski definition) is 7. The predicted octanol–water partition coefficient (Wildman–Crippen LogP) is 3.82. The number of piperazine rings is 1. The van der Waals surface area contributed by atoms with Gasteiger partial charge in [-0.3, -0.25) is 4.79 Å². The summed E-state index contributed by atoms with van der Waals surface area (Å²) in [5, 5.41) is 2.81. The van der Waals surface area contributed by atoms with E-state index < -0.39 is 17.5 Å². The van der Waals surface area contributed by atoms with Gasteiger partial charge in [-0.15, -0.1) is 0 Å². The summed E-state index contributed by atoms with van der Waals surface area (Å²) < 4.78 is 32.4. The van der Waals surface area contributed by atoms with E-state index >= 15 is 0 Å². The van der Waals surface area contributed by atoms with Crippen LogP contribution in [0.2, 0.25) is 0 Å². The Hall–Kier alpha value is -3.40. The van der Waals surface area contributed by atoms with E-state index in [1.165, 1.54) is 0 Å². The molecule has 0 atom stereocenters. The molecule has 0 spiro atoms. The molecular weight excluding hydrogens is 448 g/mol. The summed E-state index contributed by atoms with van der Waals surface area (Å²) in [5.41, 5.74) is 0.877. The number of hydrogen-bond donors (Lipinski definition) is 1. The fraction of sp³-hybridized carbons (Fsp3) is 0.261. The zero-order valence-electron chi connectivity index (χ0n) is 18.0. The van der Waals surface area contributed by atoms with Gasteiger partial charge in [0.15, 0.2) is 5.16 Å². The SMILES string of the molecule is COc1ccccc1N1CCN(c2ccnc(SCC(=O)Nc3cc(F)ccc3F)n2)CC1. The van der Waals surface area contributed by atoms with Gasteiger partial charge >= 0.3 is 0 Å². The number of aromatic nitrogens is 2. The number of halogens is 2. The van der Waals surface area contributed by atoms with Gasteiger partial charge in [-0.2, -0.15) is 0 Å². The fourth-order valence-electron chi connectivity index (χ4n) is 3.55. The molecule has 2 heterocycles. The van der Waals surface area contributed by atoms with Crippen LogP contribution in [-0.2, 0) is 4.79 Å². The molecule has 7 nitrogen and oxygen atoms in total. The lowest BCUT2D eigenvalue weighted by molar-refractivity contribution is -0.113. The third-order valence-corrected chi connectivity index (χ3v) is 6.04. The van der Waals surface area contributed by atoms with Crippen molar-refractivity contribution in [1.82, 2.24) is 9.97 Å². The van der Waals surface area contributed by atoms with Crippen LogP contribution in [0.5, 0.6) is 5.75 Å². The van der Waals surface area contributed by atoms with E-state index in [2.05, 4.69) is 31.2 Å². The summed E-state index contributed by atoms with van der Waals surface area (Å²) in [6.07, 6.45) is 1.65. The maximum absolute atomic E-state index is 13.7. The Labute approximate surface area is 194 Å². The molecule has 1 amide bonds. The maximum Gasteiger partial charge on any atom is 0.234 e. The Morgan fingerprint density at radius 1 is 1.09 bits per heavy atom. The lowest BCUT2D eigenvalue weighted by atomic mass is 10.2. The topological polar surface area (TPSA) is 70.6 Å². The number of nitrogens with one attached hydrogen (secondary N) is 1. The minimum atomic E-state index is -0.694. The Bertz CT molecular complexity index is 1130. The smallest absolute Gasteiger partial charge is 0.234 e. The van der Waals surface area contributed by atoms with Crippen molar-refractivity contribution in [3.05, 3.63) is 66.4 Å². The number of methoxy groups -OCH3 is 1. The van der Waals surface area contributed by atoms with E-state index in [-0.39, 0.29) is 11.4 Å². The highest BCUT2D eigenvalue weighted by Gasteiger charge is 2.21.